The highest BCUT2D eigenvalue weighted by Gasteiger charge is 2.33. The Bertz CT molecular complexity index is 876. The van der Waals surface area contributed by atoms with Gasteiger partial charge in [-0.05, 0) is 25.1 Å². The van der Waals surface area contributed by atoms with Crippen LogP contribution in [0.25, 0.3) is 0 Å². The highest BCUT2D eigenvalue weighted by molar-refractivity contribution is 5.82. The maximum atomic E-state index is 13.0. The number of amides is 1. The van der Waals surface area contributed by atoms with Crippen molar-refractivity contribution in [1.82, 2.24) is 15.1 Å². The van der Waals surface area contributed by atoms with Crippen LogP contribution in [0.2, 0.25) is 0 Å². The Morgan fingerprint density at radius 2 is 1.88 bits per heavy atom. The quantitative estimate of drug-likeness (QED) is 0.702. The van der Waals surface area contributed by atoms with Crippen molar-refractivity contribution in [3.63, 3.8) is 0 Å². The molecule has 3 rings (SSSR count). The Kier molecular flexibility index (Phi) is 8.28. The summed E-state index contributed by atoms with van der Waals surface area (Å²) in [5, 5.41) is 2.94. The van der Waals surface area contributed by atoms with E-state index in [0.29, 0.717) is 18.7 Å². The van der Waals surface area contributed by atoms with E-state index in [1.54, 1.807) is 30.3 Å². The number of carbonyl (C=O) groups excluding carboxylic acids is 1. The summed E-state index contributed by atoms with van der Waals surface area (Å²) in [5.74, 6) is -0.559. The highest BCUT2D eigenvalue weighted by atomic mass is 19.4. The normalized spacial score (nSPS) is 19.3. The van der Waals surface area contributed by atoms with Gasteiger partial charge in [0.15, 0.2) is 6.10 Å². The van der Waals surface area contributed by atoms with Gasteiger partial charge >= 0.3 is 6.18 Å². The molecule has 2 aromatic carbocycles. The van der Waals surface area contributed by atoms with Crippen LogP contribution >= 0.6 is 0 Å². The van der Waals surface area contributed by atoms with E-state index in [1.807, 2.05) is 26.1 Å². The molecule has 1 saturated heterocycles. The van der Waals surface area contributed by atoms with E-state index in [0.717, 1.165) is 19.6 Å². The van der Waals surface area contributed by atoms with E-state index < -0.39 is 24.8 Å². The van der Waals surface area contributed by atoms with E-state index in [1.165, 1.54) is 11.1 Å². The summed E-state index contributed by atoms with van der Waals surface area (Å²) in [4.78, 5) is 17.4. The first kappa shape index (κ1) is 24.2. The predicted octanol–water partition coefficient (Wildman–Crippen LogP) is 3.55. The second kappa shape index (κ2) is 10.9. The van der Waals surface area contributed by atoms with Crippen LogP contribution in [0.3, 0.4) is 0 Å². The van der Waals surface area contributed by atoms with Crippen LogP contribution in [-0.4, -0.2) is 67.8 Å². The number of ether oxygens (including phenoxy) is 1. The molecule has 5 nitrogen and oxygen atoms in total. The average molecular weight is 450 g/mol. The van der Waals surface area contributed by atoms with E-state index in [9.17, 15) is 18.0 Å². The lowest BCUT2D eigenvalue weighted by Crippen LogP contribution is -2.48. The van der Waals surface area contributed by atoms with Crippen LogP contribution in [0.4, 0.5) is 13.2 Å². The van der Waals surface area contributed by atoms with Gasteiger partial charge in [-0.3, -0.25) is 9.69 Å². The minimum Gasteiger partial charge on any atom is -0.354 e. The van der Waals surface area contributed by atoms with Crippen molar-refractivity contribution in [1.29, 1.82) is 0 Å². The van der Waals surface area contributed by atoms with Crippen molar-refractivity contribution in [2.24, 2.45) is 0 Å². The summed E-state index contributed by atoms with van der Waals surface area (Å²) in [5.41, 5.74) is 2.77. The van der Waals surface area contributed by atoms with Crippen LogP contribution in [0, 0.1) is 6.92 Å². The Hall–Kier alpha value is -2.42. The van der Waals surface area contributed by atoms with Gasteiger partial charge in [-0.1, -0.05) is 60.2 Å². The summed E-state index contributed by atoms with van der Waals surface area (Å²) in [6.07, 6.45) is -5.84. The van der Waals surface area contributed by atoms with Crippen molar-refractivity contribution < 1.29 is 22.7 Å². The standard InChI is InChI=1S/C24H30F3N3O2/c1-18-7-6-8-19(13-18)14-30-12-11-29(2)15-21(16-30)28-23(31)22(32-17-24(25,26)27)20-9-4-3-5-10-20/h3-10,13,21-22H,11-12,14-17H2,1-2H3,(H,28,31). The van der Waals surface area contributed by atoms with Gasteiger partial charge in [-0.2, -0.15) is 13.2 Å². The fourth-order valence-electron chi connectivity index (χ4n) is 3.95. The first-order chi connectivity index (χ1) is 15.2. The molecule has 1 aliphatic heterocycles. The molecule has 32 heavy (non-hydrogen) atoms. The van der Waals surface area contributed by atoms with Crippen LogP contribution < -0.4 is 5.32 Å². The molecule has 1 fully saturated rings. The predicted molar refractivity (Wildman–Crippen MR) is 117 cm³/mol. The molecule has 1 aliphatic rings. The van der Waals surface area contributed by atoms with E-state index in [-0.39, 0.29) is 6.04 Å². The maximum absolute atomic E-state index is 13.0. The van der Waals surface area contributed by atoms with E-state index in [2.05, 4.69) is 27.2 Å². The number of aryl methyl sites for hydroxylation is 1. The number of halogens is 3. The number of hydrogen-bond acceptors (Lipinski definition) is 4. The lowest BCUT2D eigenvalue weighted by molar-refractivity contribution is -0.188. The van der Waals surface area contributed by atoms with Gasteiger partial charge in [0.05, 0.1) is 6.04 Å². The molecule has 8 heteroatoms. The molecule has 2 atom stereocenters. The van der Waals surface area contributed by atoms with Crippen LogP contribution in [-0.2, 0) is 16.1 Å². The second-order valence-corrected chi connectivity index (χ2v) is 8.41. The number of hydrogen-bond donors (Lipinski definition) is 1. The molecule has 0 bridgehead atoms. The topological polar surface area (TPSA) is 44.8 Å². The number of benzene rings is 2. The lowest BCUT2D eigenvalue weighted by atomic mass is 10.1. The molecule has 0 saturated carbocycles. The number of nitrogens with zero attached hydrogens (tertiary/aromatic N) is 2. The number of alkyl halides is 3. The molecule has 1 heterocycles. The molecule has 2 unspecified atom stereocenters. The van der Waals surface area contributed by atoms with Gasteiger partial charge in [0.25, 0.3) is 5.91 Å². The Morgan fingerprint density at radius 1 is 1.12 bits per heavy atom. The Balaban J connectivity index is 1.70. The number of carbonyl (C=O) groups is 1. The van der Waals surface area contributed by atoms with Gasteiger partial charge in [-0.15, -0.1) is 0 Å². The van der Waals surface area contributed by atoms with E-state index in [4.69, 9.17) is 4.74 Å². The molecule has 174 valence electrons. The first-order valence-corrected chi connectivity index (χ1v) is 10.7. The highest BCUT2D eigenvalue weighted by Crippen LogP contribution is 2.23. The third-order valence-corrected chi connectivity index (χ3v) is 5.40. The third-order valence-electron chi connectivity index (χ3n) is 5.40. The van der Waals surface area contributed by atoms with Crippen molar-refractivity contribution in [2.45, 2.75) is 31.8 Å². The summed E-state index contributed by atoms with van der Waals surface area (Å²) in [6.45, 7) is 4.20. The minimum absolute atomic E-state index is 0.236. The monoisotopic (exact) mass is 449 g/mol. The summed E-state index contributed by atoms with van der Waals surface area (Å²) in [6, 6.07) is 16.3. The number of rotatable bonds is 7. The average Bonchev–Trinajstić information content (AvgIpc) is 2.88. The maximum Gasteiger partial charge on any atom is 0.411 e. The van der Waals surface area contributed by atoms with Crippen LogP contribution in [0.5, 0.6) is 0 Å². The first-order valence-electron chi connectivity index (χ1n) is 10.7. The van der Waals surface area contributed by atoms with Crippen molar-refractivity contribution >= 4 is 5.91 Å². The minimum atomic E-state index is -4.51. The Labute approximate surface area is 187 Å². The van der Waals surface area contributed by atoms with Gasteiger partial charge in [-0.25, -0.2) is 0 Å². The molecular formula is C24H30F3N3O2. The van der Waals surface area contributed by atoms with Crippen LogP contribution in [0.1, 0.15) is 22.8 Å². The number of nitrogens with one attached hydrogen (secondary N) is 1. The molecule has 1 N–H and O–H groups in total. The zero-order valence-corrected chi connectivity index (χ0v) is 18.4. The van der Waals surface area contributed by atoms with Crippen molar-refractivity contribution in [3.8, 4) is 0 Å². The summed E-state index contributed by atoms with van der Waals surface area (Å²) in [7, 11) is 1.98. The lowest BCUT2D eigenvalue weighted by Gasteiger charge is -2.27. The fourth-order valence-corrected chi connectivity index (χ4v) is 3.95. The molecule has 1 amide bonds. The molecular weight excluding hydrogens is 419 g/mol. The largest absolute Gasteiger partial charge is 0.411 e. The molecule has 2 aromatic rings. The van der Waals surface area contributed by atoms with Crippen molar-refractivity contribution in [3.05, 3.63) is 71.3 Å². The molecule has 0 radical (unpaired) electrons. The molecule has 0 spiro atoms. The zero-order valence-electron chi connectivity index (χ0n) is 18.4. The fraction of sp³-hybridized carbons (Fsp3) is 0.458. The Morgan fingerprint density at radius 3 is 2.56 bits per heavy atom. The van der Waals surface area contributed by atoms with Gasteiger partial charge in [0, 0.05) is 32.7 Å². The molecule has 0 aliphatic carbocycles. The third kappa shape index (κ3) is 7.62. The second-order valence-electron chi connectivity index (χ2n) is 8.41. The van der Waals surface area contributed by atoms with E-state index >= 15 is 0 Å². The van der Waals surface area contributed by atoms with Crippen LogP contribution in [0.15, 0.2) is 54.6 Å². The van der Waals surface area contributed by atoms with Gasteiger partial charge in [0.1, 0.15) is 6.61 Å². The smallest absolute Gasteiger partial charge is 0.354 e. The SMILES string of the molecule is Cc1cccc(CN2CCN(C)CC(NC(=O)C(OCC(F)(F)F)c3ccccc3)C2)c1. The van der Waals surface area contributed by atoms with Gasteiger partial charge in [0.2, 0.25) is 0 Å². The summed E-state index contributed by atoms with van der Waals surface area (Å²) < 4.78 is 43.4. The molecule has 0 aromatic heterocycles. The zero-order chi connectivity index (χ0) is 23.1. The summed E-state index contributed by atoms with van der Waals surface area (Å²) >= 11 is 0. The number of likely N-dealkylation sites (N-methyl/N-ethyl adjacent to an activating group) is 1. The van der Waals surface area contributed by atoms with Crippen molar-refractivity contribution in [2.75, 3.05) is 39.8 Å². The van der Waals surface area contributed by atoms with Gasteiger partial charge < -0.3 is 15.0 Å².